The number of rotatable bonds is 3. The fourth-order valence-electron chi connectivity index (χ4n) is 4.85. The van der Waals surface area contributed by atoms with Gasteiger partial charge >= 0.3 is 0 Å². The number of hydrogen-bond donors (Lipinski definition) is 1. The molecule has 0 heterocycles. The second-order valence-corrected chi connectivity index (χ2v) is 7.19. The first-order chi connectivity index (χ1) is 8.91. The monoisotopic (exact) mass is 262 g/mol. The number of fused-ring (bicyclic) bond motifs is 1. The maximum Gasteiger partial charge on any atom is 0.0851 e. The summed E-state index contributed by atoms with van der Waals surface area (Å²) >= 11 is 0. The van der Waals surface area contributed by atoms with Crippen molar-refractivity contribution in [2.24, 2.45) is 16.7 Å². The highest BCUT2D eigenvalue weighted by molar-refractivity contribution is 5.17. The largest absolute Gasteiger partial charge is 0.513 e. The topological polar surface area (TPSA) is 20.2 Å². The average Bonchev–Trinajstić information content (AvgIpc) is 2.36. The van der Waals surface area contributed by atoms with Crippen molar-refractivity contribution in [3.05, 3.63) is 24.0 Å². The fourth-order valence-corrected chi connectivity index (χ4v) is 4.85. The highest BCUT2D eigenvalue weighted by Gasteiger charge is 2.54. The SMILES string of the molecule is C=C1CC[C@@]2(C)CCCC[C@@]2(CC/C=C(/C)O)C1C. The Morgan fingerprint density at radius 2 is 2.05 bits per heavy atom. The Hall–Kier alpha value is -0.720. The molecule has 0 aromatic carbocycles. The molecule has 19 heavy (non-hydrogen) atoms. The summed E-state index contributed by atoms with van der Waals surface area (Å²) in [4.78, 5) is 0. The van der Waals surface area contributed by atoms with Gasteiger partial charge in [0.2, 0.25) is 0 Å². The normalized spacial score (nSPS) is 40.1. The van der Waals surface area contributed by atoms with Crippen molar-refractivity contribution in [2.75, 3.05) is 0 Å². The smallest absolute Gasteiger partial charge is 0.0851 e. The first kappa shape index (κ1) is 14.7. The van der Waals surface area contributed by atoms with Crippen LogP contribution < -0.4 is 0 Å². The maximum absolute atomic E-state index is 9.40. The molecule has 1 nitrogen and oxygen atoms in total. The van der Waals surface area contributed by atoms with E-state index in [9.17, 15) is 5.11 Å². The van der Waals surface area contributed by atoms with Gasteiger partial charge in [-0.2, -0.15) is 0 Å². The third-order valence-electron chi connectivity index (χ3n) is 6.27. The predicted molar refractivity (Wildman–Crippen MR) is 82.2 cm³/mol. The van der Waals surface area contributed by atoms with E-state index in [0.717, 1.165) is 6.42 Å². The molecule has 0 amide bonds. The van der Waals surface area contributed by atoms with Crippen molar-refractivity contribution >= 4 is 0 Å². The summed E-state index contributed by atoms with van der Waals surface area (Å²) in [6, 6.07) is 0. The van der Waals surface area contributed by atoms with E-state index in [2.05, 4.69) is 20.4 Å². The van der Waals surface area contributed by atoms with Crippen molar-refractivity contribution in [1.82, 2.24) is 0 Å². The third kappa shape index (κ3) is 2.49. The first-order valence-electron chi connectivity index (χ1n) is 7.95. The molecule has 1 heteroatoms. The zero-order valence-electron chi connectivity index (χ0n) is 13.0. The summed E-state index contributed by atoms with van der Waals surface area (Å²) in [5.74, 6) is 1.11. The molecule has 0 aliphatic heterocycles. The minimum Gasteiger partial charge on any atom is -0.513 e. The summed E-state index contributed by atoms with van der Waals surface area (Å²) in [7, 11) is 0. The molecule has 0 aromatic rings. The van der Waals surface area contributed by atoms with Gasteiger partial charge in [0.05, 0.1) is 5.76 Å². The minimum atomic E-state index is 0.423. The Morgan fingerprint density at radius 1 is 1.37 bits per heavy atom. The molecule has 0 aromatic heterocycles. The summed E-state index contributed by atoms with van der Waals surface area (Å²) in [5.41, 5.74) is 2.37. The molecule has 2 saturated carbocycles. The van der Waals surface area contributed by atoms with E-state index in [4.69, 9.17) is 0 Å². The van der Waals surface area contributed by atoms with Crippen molar-refractivity contribution in [3.63, 3.8) is 0 Å². The molecular formula is C18H30O. The maximum atomic E-state index is 9.40. The highest BCUT2D eigenvalue weighted by Crippen LogP contribution is 2.64. The van der Waals surface area contributed by atoms with Gasteiger partial charge in [0.1, 0.15) is 0 Å². The average molecular weight is 262 g/mol. The van der Waals surface area contributed by atoms with Gasteiger partial charge in [-0.15, -0.1) is 0 Å². The Labute approximate surface area is 118 Å². The molecule has 0 saturated heterocycles. The van der Waals surface area contributed by atoms with E-state index >= 15 is 0 Å². The lowest BCUT2D eigenvalue weighted by Gasteiger charge is -2.59. The van der Waals surface area contributed by atoms with E-state index in [0.29, 0.717) is 22.5 Å². The van der Waals surface area contributed by atoms with Crippen molar-refractivity contribution in [2.45, 2.75) is 72.1 Å². The van der Waals surface area contributed by atoms with Crippen molar-refractivity contribution < 1.29 is 5.11 Å². The van der Waals surface area contributed by atoms with E-state index in [1.165, 1.54) is 50.5 Å². The summed E-state index contributed by atoms with van der Waals surface area (Å²) < 4.78 is 0. The molecule has 2 fully saturated rings. The number of aliphatic hydroxyl groups excluding tert-OH is 1. The van der Waals surface area contributed by atoms with Crippen LogP contribution in [0.2, 0.25) is 0 Å². The van der Waals surface area contributed by atoms with E-state index in [1.54, 1.807) is 6.92 Å². The molecule has 0 spiro atoms. The molecule has 1 N–H and O–H groups in total. The van der Waals surface area contributed by atoms with Crippen LogP contribution in [0, 0.1) is 16.7 Å². The predicted octanol–water partition coefficient (Wildman–Crippen LogP) is 5.78. The Kier molecular flexibility index (Phi) is 4.13. The molecule has 1 unspecified atom stereocenters. The van der Waals surface area contributed by atoms with Crippen molar-refractivity contribution in [1.29, 1.82) is 0 Å². The fraction of sp³-hybridized carbons (Fsp3) is 0.778. The van der Waals surface area contributed by atoms with Gasteiger partial charge < -0.3 is 5.11 Å². The van der Waals surface area contributed by atoms with Gasteiger partial charge in [0, 0.05) is 0 Å². The van der Waals surface area contributed by atoms with Gasteiger partial charge in [-0.25, -0.2) is 0 Å². The third-order valence-corrected chi connectivity index (χ3v) is 6.27. The number of aliphatic hydroxyl groups is 1. The van der Waals surface area contributed by atoms with Crippen LogP contribution in [0.3, 0.4) is 0 Å². The molecule has 0 radical (unpaired) electrons. The zero-order valence-corrected chi connectivity index (χ0v) is 13.0. The quantitative estimate of drug-likeness (QED) is 0.505. The van der Waals surface area contributed by atoms with Crippen LogP contribution in [0.5, 0.6) is 0 Å². The van der Waals surface area contributed by atoms with Crippen LogP contribution in [0.25, 0.3) is 0 Å². The lowest BCUT2D eigenvalue weighted by atomic mass is 9.45. The minimum absolute atomic E-state index is 0.423. The Balaban J connectivity index is 2.26. The summed E-state index contributed by atoms with van der Waals surface area (Å²) in [6.45, 7) is 11.0. The van der Waals surface area contributed by atoms with Gasteiger partial charge in [-0.1, -0.05) is 38.8 Å². The molecule has 2 aliphatic carbocycles. The Bertz CT molecular complexity index is 377. The zero-order chi connectivity index (χ0) is 14.1. The van der Waals surface area contributed by atoms with Crippen LogP contribution in [-0.4, -0.2) is 5.11 Å². The van der Waals surface area contributed by atoms with Gasteiger partial charge in [-0.05, 0) is 68.3 Å². The molecule has 3 atom stereocenters. The number of hydrogen-bond acceptors (Lipinski definition) is 1. The van der Waals surface area contributed by atoms with Crippen LogP contribution >= 0.6 is 0 Å². The van der Waals surface area contributed by atoms with Gasteiger partial charge in [-0.3, -0.25) is 0 Å². The summed E-state index contributed by atoms with van der Waals surface area (Å²) in [5, 5.41) is 9.40. The molecule has 0 bridgehead atoms. The lowest BCUT2D eigenvalue weighted by Crippen LogP contribution is -2.50. The van der Waals surface area contributed by atoms with E-state index < -0.39 is 0 Å². The standard InChI is InChI=1S/C18H30O/c1-14-9-13-17(4)10-5-6-11-18(17,16(14)3)12-7-8-15(2)19/h8,16,19H,1,5-7,9-13H2,2-4H3/b15-8-/t16?,17-,18-/m1/s1. The number of allylic oxidation sites excluding steroid dienone is 3. The molecule has 2 aliphatic rings. The van der Waals surface area contributed by atoms with Gasteiger partial charge in [0.15, 0.2) is 0 Å². The molecule has 108 valence electrons. The lowest BCUT2D eigenvalue weighted by molar-refractivity contribution is -0.0660. The van der Waals surface area contributed by atoms with Gasteiger partial charge in [0.25, 0.3) is 0 Å². The Morgan fingerprint density at radius 3 is 2.74 bits per heavy atom. The van der Waals surface area contributed by atoms with Crippen LogP contribution in [0.1, 0.15) is 72.1 Å². The second-order valence-electron chi connectivity index (χ2n) is 7.19. The van der Waals surface area contributed by atoms with E-state index in [1.807, 2.05) is 6.08 Å². The second kappa shape index (κ2) is 5.34. The van der Waals surface area contributed by atoms with Crippen molar-refractivity contribution in [3.8, 4) is 0 Å². The van der Waals surface area contributed by atoms with Crippen LogP contribution in [-0.2, 0) is 0 Å². The van der Waals surface area contributed by atoms with Crippen LogP contribution in [0.15, 0.2) is 24.0 Å². The molecular weight excluding hydrogens is 232 g/mol. The first-order valence-corrected chi connectivity index (χ1v) is 7.95. The summed E-state index contributed by atoms with van der Waals surface area (Å²) in [6.07, 6.45) is 12.2. The highest BCUT2D eigenvalue weighted by atomic mass is 16.3. The van der Waals surface area contributed by atoms with Crippen LogP contribution in [0.4, 0.5) is 0 Å². The molecule has 2 rings (SSSR count). The van der Waals surface area contributed by atoms with E-state index in [-0.39, 0.29) is 0 Å².